The first-order valence-electron chi connectivity index (χ1n) is 5.74. The van der Waals surface area contributed by atoms with E-state index in [1.54, 1.807) is 37.3 Å². The molecule has 5 heteroatoms. The first-order chi connectivity index (χ1) is 9.11. The molecule has 0 fully saturated rings. The standard InChI is InChI=1S/C14H13ClN2O2/c1-9-6-12(15)11(7-16-9)14(19)17-13-5-3-2-4-10(13)8-18/h2-7,18H,8H2,1H3,(H,17,19). The second kappa shape index (κ2) is 5.82. The van der Waals surface area contributed by atoms with E-state index in [0.29, 0.717) is 21.8 Å². The van der Waals surface area contributed by atoms with E-state index in [2.05, 4.69) is 10.3 Å². The number of carbonyl (C=O) groups excluding carboxylic acids is 1. The second-order valence-electron chi connectivity index (χ2n) is 4.07. The van der Waals surface area contributed by atoms with Gasteiger partial charge in [-0.2, -0.15) is 0 Å². The minimum Gasteiger partial charge on any atom is -0.392 e. The molecular formula is C14H13ClN2O2. The van der Waals surface area contributed by atoms with Gasteiger partial charge in [0.2, 0.25) is 0 Å². The molecule has 2 rings (SSSR count). The highest BCUT2D eigenvalue weighted by atomic mass is 35.5. The van der Waals surface area contributed by atoms with Crippen LogP contribution in [0.2, 0.25) is 5.02 Å². The summed E-state index contributed by atoms with van der Waals surface area (Å²) in [5.41, 5.74) is 2.26. The zero-order valence-corrected chi connectivity index (χ0v) is 11.1. The Kier molecular flexibility index (Phi) is 4.14. The van der Waals surface area contributed by atoms with Crippen LogP contribution in [0.4, 0.5) is 5.69 Å². The third kappa shape index (κ3) is 3.10. The summed E-state index contributed by atoms with van der Waals surface area (Å²) in [6.45, 7) is 1.66. The zero-order valence-electron chi connectivity index (χ0n) is 10.4. The van der Waals surface area contributed by atoms with Crippen LogP contribution in [0.3, 0.4) is 0 Å². The van der Waals surface area contributed by atoms with Gasteiger partial charge in [-0.3, -0.25) is 9.78 Å². The van der Waals surface area contributed by atoms with Gasteiger partial charge < -0.3 is 10.4 Å². The van der Waals surface area contributed by atoms with Crippen molar-refractivity contribution in [1.29, 1.82) is 0 Å². The predicted octanol–water partition coefficient (Wildman–Crippen LogP) is 2.79. The number of pyridine rings is 1. The van der Waals surface area contributed by atoms with Crippen molar-refractivity contribution >= 4 is 23.2 Å². The number of anilines is 1. The highest BCUT2D eigenvalue weighted by molar-refractivity contribution is 6.34. The largest absolute Gasteiger partial charge is 0.392 e. The van der Waals surface area contributed by atoms with Crippen LogP contribution in [0.1, 0.15) is 21.6 Å². The van der Waals surface area contributed by atoms with Crippen molar-refractivity contribution in [2.75, 3.05) is 5.32 Å². The van der Waals surface area contributed by atoms with E-state index < -0.39 is 0 Å². The minimum absolute atomic E-state index is 0.143. The van der Waals surface area contributed by atoms with Crippen molar-refractivity contribution < 1.29 is 9.90 Å². The van der Waals surface area contributed by atoms with E-state index in [9.17, 15) is 9.90 Å². The Morgan fingerprint density at radius 3 is 2.84 bits per heavy atom. The molecule has 1 heterocycles. The summed E-state index contributed by atoms with van der Waals surface area (Å²) in [6.07, 6.45) is 1.44. The van der Waals surface area contributed by atoms with Crippen LogP contribution in [0.15, 0.2) is 36.5 Å². The van der Waals surface area contributed by atoms with Gasteiger partial charge in [-0.1, -0.05) is 29.8 Å². The number of nitrogens with zero attached hydrogens (tertiary/aromatic N) is 1. The van der Waals surface area contributed by atoms with Crippen LogP contribution in [0, 0.1) is 6.92 Å². The monoisotopic (exact) mass is 276 g/mol. The molecule has 0 aliphatic rings. The topological polar surface area (TPSA) is 62.2 Å². The van der Waals surface area contributed by atoms with Crippen LogP contribution in [-0.4, -0.2) is 16.0 Å². The van der Waals surface area contributed by atoms with E-state index in [4.69, 9.17) is 11.6 Å². The Bertz CT molecular complexity index is 614. The number of aryl methyl sites for hydroxylation is 1. The summed E-state index contributed by atoms with van der Waals surface area (Å²) in [5.74, 6) is -0.349. The molecule has 4 nitrogen and oxygen atoms in total. The minimum atomic E-state index is -0.349. The third-order valence-electron chi connectivity index (χ3n) is 2.67. The van der Waals surface area contributed by atoms with Crippen molar-refractivity contribution in [2.45, 2.75) is 13.5 Å². The summed E-state index contributed by atoms with van der Waals surface area (Å²) < 4.78 is 0. The van der Waals surface area contributed by atoms with Crippen molar-refractivity contribution in [3.05, 3.63) is 58.4 Å². The molecule has 0 aliphatic carbocycles. The lowest BCUT2D eigenvalue weighted by Crippen LogP contribution is -2.14. The maximum absolute atomic E-state index is 12.1. The van der Waals surface area contributed by atoms with Gasteiger partial charge in [-0.15, -0.1) is 0 Å². The first-order valence-corrected chi connectivity index (χ1v) is 6.12. The first kappa shape index (κ1) is 13.5. The lowest BCUT2D eigenvalue weighted by Gasteiger charge is -2.10. The average Bonchev–Trinajstić information content (AvgIpc) is 2.39. The molecule has 98 valence electrons. The lowest BCUT2D eigenvalue weighted by molar-refractivity contribution is 0.102. The van der Waals surface area contributed by atoms with Crippen LogP contribution in [0.5, 0.6) is 0 Å². The van der Waals surface area contributed by atoms with Crippen LogP contribution in [0.25, 0.3) is 0 Å². The van der Waals surface area contributed by atoms with Crippen LogP contribution in [-0.2, 0) is 6.61 Å². The molecule has 0 bridgehead atoms. The molecule has 1 aromatic heterocycles. The molecule has 19 heavy (non-hydrogen) atoms. The lowest BCUT2D eigenvalue weighted by atomic mass is 10.1. The SMILES string of the molecule is Cc1cc(Cl)c(C(=O)Nc2ccccc2CO)cn1. The van der Waals surface area contributed by atoms with E-state index >= 15 is 0 Å². The number of rotatable bonds is 3. The Balaban J connectivity index is 2.26. The number of aliphatic hydroxyl groups excluding tert-OH is 1. The summed E-state index contributed by atoms with van der Waals surface area (Å²) in [4.78, 5) is 16.1. The highest BCUT2D eigenvalue weighted by Gasteiger charge is 2.12. The van der Waals surface area contributed by atoms with Crippen LogP contribution >= 0.6 is 11.6 Å². The predicted molar refractivity (Wildman–Crippen MR) is 74.3 cm³/mol. The fourth-order valence-corrected chi connectivity index (χ4v) is 1.96. The number of halogens is 1. The number of aliphatic hydroxyl groups is 1. The zero-order chi connectivity index (χ0) is 13.8. The molecule has 0 atom stereocenters. The molecule has 0 spiro atoms. The highest BCUT2D eigenvalue weighted by Crippen LogP contribution is 2.20. The van der Waals surface area contributed by atoms with Gasteiger partial charge >= 0.3 is 0 Å². The van der Waals surface area contributed by atoms with E-state index in [-0.39, 0.29) is 12.5 Å². The molecule has 0 saturated carbocycles. The molecule has 0 unspecified atom stereocenters. The van der Waals surface area contributed by atoms with Crippen molar-refractivity contribution in [1.82, 2.24) is 4.98 Å². The quantitative estimate of drug-likeness (QED) is 0.906. The number of hydrogen-bond donors (Lipinski definition) is 2. The Labute approximate surface area is 116 Å². The fraction of sp³-hybridized carbons (Fsp3) is 0.143. The number of para-hydroxylation sites is 1. The third-order valence-corrected chi connectivity index (χ3v) is 2.98. The number of carbonyl (C=O) groups is 1. The maximum atomic E-state index is 12.1. The van der Waals surface area contributed by atoms with Gasteiger partial charge in [0.05, 0.1) is 17.2 Å². The molecule has 0 radical (unpaired) electrons. The molecule has 2 N–H and O–H groups in total. The molecule has 2 aromatic rings. The summed E-state index contributed by atoms with van der Waals surface area (Å²) >= 11 is 6.01. The van der Waals surface area contributed by atoms with Crippen molar-refractivity contribution in [3.63, 3.8) is 0 Å². The van der Waals surface area contributed by atoms with Gasteiger partial charge in [-0.25, -0.2) is 0 Å². The Morgan fingerprint density at radius 1 is 1.42 bits per heavy atom. The van der Waals surface area contributed by atoms with Gasteiger partial charge in [0.1, 0.15) is 0 Å². The van der Waals surface area contributed by atoms with E-state index in [0.717, 1.165) is 5.69 Å². The maximum Gasteiger partial charge on any atom is 0.258 e. The van der Waals surface area contributed by atoms with Gasteiger partial charge in [0.15, 0.2) is 0 Å². The number of aromatic nitrogens is 1. The molecule has 1 aromatic carbocycles. The number of hydrogen-bond acceptors (Lipinski definition) is 3. The molecular weight excluding hydrogens is 264 g/mol. The number of nitrogens with one attached hydrogen (secondary N) is 1. The normalized spacial score (nSPS) is 10.3. The molecule has 0 aliphatic heterocycles. The summed E-state index contributed by atoms with van der Waals surface area (Å²) in [5, 5.41) is 12.3. The summed E-state index contributed by atoms with van der Waals surface area (Å²) in [6, 6.07) is 8.67. The van der Waals surface area contributed by atoms with Crippen molar-refractivity contribution in [3.8, 4) is 0 Å². The molecule has 1 amide bonds. The van der Waals surface area contributed by atoms with Crippen molar-refractivity contribution in [2.24, 2.45) is 0 Å². The molecule has 0 saturated heterocycles. The fourth-order valence-electron chi connectivity index (χ4n) is 1.66. The second-order valence-corrected chi connectivity index (χ2v) is 4.48. The number of amides is 1. The van der Waals surface area contributed by atoms with Gasteiger partial charge in [-0.05, 0) is 19.1 Å². The smallest absolute Gasteiger partial charge is 0.258 e. The summed E-state index contributed by atoms with van der Waals surface area (Å²) in [7, 11) is 0. The number of benzene rings is 1. The Hall–Kier alpha value is -1.91. The van der Waals surface area contributed by atoms with Crippen LogP contribution < -0.4 is 5.32 Å². The van der Waals surface area contributed by atoms with E-state index in [1.807, 2.05) is 0 Å². The van der Waals surface area contributed by atoms with Gasteiger partial charge in [0, 0.05) is 23.1 Å². The average molecular weight is 277 g/mol. The van der Waals surface area contributed by atoms with Gasteiger partial charge in [0.25, 0.3) is 5.91 Å². The van der Waals surface area contributed by atoms with E-state index in [1.165, 1.54) is 6.20 Å². The Morgan fingerprint density at radius 2 is 2.16 bits per heavy atom.